The van der Waals surface area contributed by atoms with Gasteiger partial charge in [0, 0.05) is 16.6 Å². The first kappa shape index (κ1) is 19.0. The molecule has 4 nitrogen and oxygen atoms in total. The molecule has 0 aliphatic carbocycles. The van der Waals surface area contributed by atoms with Crippen molar-refractivity contribution in [1.29, 1.82) is 5.41 Å². The summed E-state index contributed by atoms with van der Waals surface area (Å²) >= 11 is 13.5. The first-order valence-corrected chi connectivity index (χ1v) is 10.3. The normalized spacial score (nSPS) is 14.3. The Bertz CT molecular complexity index is 1140. The quantitative estimate of drug-likeness (QED) is 0.499. The molecule has 0 spiro atoms. The summed E-state index contributed by atoms with van der Waals surface area (Å²) in [6.07, 6.45) is 0. The highest BCUT2D eigenvalue weighted by Crippen LogP contribution is 2.36. The molecule has 1 aliphatic rings. The summed E-state index contributed by atoms with van der Waals surface area (Å²) in [5.41, 5.74) is 5.45. The van der Waals surface area contributed by atoms with Gasteiger partial charge in [0.2, 0.25) is 0 Å². The fourth-order valence-corrected chi connectivity index (χ4v) is 4.29. The molecule has 0 radical (unpaired) electrons. The molecular weight excluding hydrogens is 413 g/mol. The third-order valence-corrected chi connectivity index (χ3v) is 6.44. The van der Waals surface area contributed by atoms with E-state index >= 15 is 0 Å². The van der Waals surface area contributed by atoms with Gasteiger partial charge in [-0.2, -0.15) is 0 Å². The fraction of sp³-hybridized carbons (Fsp3) is 0.143. The third kappa shape index (κ3) is 3.30. The minimum absolute atomic E-state index is 0.122. The average molecular weight is 430 g/mol. The average Bonchev–Trinajstić information content (AvgIpc) is 3.24. The van der Waals surface area contributed by atoms with Gasteiger partial charge in [-0.1, -0.05) is 35.3 Å². The Morgan fingerprint density at radius 2 is 1.86 bits per heavy atom. The van der Waals surface area contributed by atoms with Crippen LogP contribution in [0.25, 0.3) is 16.8 Å². The van der Waals surface area contributed by atoms with E-state index in [-0.39, 0.29) is 18.1 Å². The van der Waals surface area contributed by atoms with Gasteiger partial charge in [0.1, 0.15) is 16.6 Å². The molecule has 0 unspecified atom stereocenters. The van der Waals surface area contributed by atoms with Crippen LogP contribution in [-0.2, 0) is 0 Å². The minimum atomic E-state index is 0.122. The lowest BCUT2D eigenvalue weighted by molar-refractivity contribution is 0.411. The number of aromatic nitrogens is 1. The van der Waals surface area contributed by atoms with Gasteiger partial charge in [-0.25, -0.2) is 4.98 Å². The molecule has 0 amide bonds. The van der Waals surface area contributed by atoms with Crippen LogP contribution in [0.15, 0.2) is 47.5 Å². The molecular formula is C21H17Cl2N3OS. The second-order valence-corrected chi connectivity index (χ2v) is 8.36. The van der Waals surface area contributed by atoms with E-state index in [1.54, 1.807) is 23.1 Å². The van der Waals surface area contributed by atoms with E-state index in [1.807, 2.05) is 11.4 Å². The number of thiazole rings is 1. The van der Waals surface area contributed by atoms with Crippen molar-refractivity contribution >= 4 is 51.6 Å². The van der Waals surface area contributed by atoms with Crippen LogP contribution < -0.4 is 4.90 Å². The number of aliphatic hydroxyl groups excluding tert-OH is 1. The van der Waals surface area contributed by atoms with E-state index in [4.69, 9.17) is 28.6 Å². The Hall–Kier alpha value is -2.34. The fourth-order valence-electron chi connectivity index (χ4n) is 3.10. The van der Waals surface area contributed by atoms with Gasteiger partial charge in [-0.15, -0.1) is 11.3 Å². The second kappa shape index (κ2) is 7.24. The number of halogens is 2. The van der Waals surface area contributed by atoms with E-state index in [0.29, 0.717) is 26.3 Å². The third-order valence-electron chi connectivity index (χ3n) is 4.84. The predicted octanol–water partition coefficient (Wildman–Crippen LogP) is 6.50. The molecule has 2 heterocycles. The maximum absolute atomic E-state index is 10.5. The number of nitrogens with one attached hydrogen (secondary N) is 1. The van der Waals surface area contributed by atoms with Crippen molar-refractivity contribution in [3.05, 3.63) is 73.7 Å². The molecule has 0 fully saturated rings. The number of aryl methyl sites for hydroxylation is 2. The van der Waals surface area contributed by atoms with Crippen molar-refractivity contribution in [3.63, 3.8) is 0 Å². The Balaban J connectivity index is 1.65. The molecule has 142 valence electrons. The van der Waals surface area contributed by atoms with Crippen LogP contribution in [0.5, 0.6) is 0 Å². The lowest BCUT2D eigenvalue weighted by Gasteiger charge is -2.19. The molecule has 0 saturated carbocycles. The largest absolute Gasteiger partial charge is 0.510 e. The van der Waals surface area contributed by atoms with Crippen molar-refractivity contribution in [2.24, 2.45) is 0 Å². The van der Waals surface area contributed by atoms with Gasteiger partial charge in [-0.05, 0) is 49.2 Å². The topological polar surface area (TPSA) is 60.2 Å². The zero-order valence-corrected chi connectivity index (χ0v) is 17.6. The van der Waals surface area contributed by atoms with Crippen molar-refractivity contribution in [2.45, 2.75) is 13.8 Å². The van der Waals surface area contributed by atoms with Crippen LogP contribution >= 0.6 is 34.5 Å². The van der Waals surface area contributed by atoms with Gasteiger partial charge in [0.15, 0.2) is 0 Å². The number of hydrogen-bond acceptors (Lipinski definition) is 4. The smallest absolute Gasteiger partial charge is 0.139 e. The van der Waals surface area contributed by atoms with E-state index in [2.05, 4.69) is 31.0 Å². The zero-order valence-electron chi connectivity index (χ0n) is 15.3. The Labute approximate surface area is 177 Å². The highest BCUT2D eigenvalue weighted by Gasteiger charge is 2.31. The van der Waals surface area contributed by atoms with Crippen molar-refractivity contribution in [3.8, 4) is 11.3 Å². The van der Waals surface area contributed by atoms with E-state index in [1.165, 1.54) is 22.5 Å². The molecule has 0 bridgehead atoms. The summed E-state index contributed by atoms with van der Waals surface area (Å²) in [5.74, 6) is 0.314. The van der Waals surface area contributed by atoms with Crippen LogP contribution in [-0.4, -0.2) is 22.5 Å². The molecule has 1 aromatic heterocycles. The first-order chi connectivity index (χ1) is 13.3. The van der Waals surface area contributed by atoms with Crippen molar-refractivity contribution < 1.29 is 5.11 Å². The monoisotopic (exact) mass is 429 g/mol. The van der Waals surface area contributed by atoms with Crippen LogP contribution in [0.1, 0.15) is 16.1 Å². The van der Waals surface area contributed by atoms with E-state index in [9.17, 15) is 5.11 Å². The number of anilines is 1. The number of aliphatic hydroxyl groups is 1. The van der Waals surface area contributed by atoms with Gasteiger partial charge in [0.25, 0.3) is 0 Å². The maximum Gasteiger partial charge on any atom is 0.139 e. The summed E-state index contributed by atoms with van der Waals surface area (Å²) in [7, 11) is 0. The van der Waals surface area contributed by atoms with Crippen LogP contribution in [0.4, 0.5) is 5.69 Å². The molecule has 2 aromatic carbocycles. The maximum atomic E-state index is 10.5. The van der Waals surface area contributed by atoms with E-state index < -0.39 is 0 Å². The van der Waals surface area contributed by atoms with Gasteiger partial charge in [0.05, 0.1) is 27.9 Å². The summed E-state index contributed by atoms with van der Waals surface area (Å²) < 4.78 is 0. The molecule has 7 heteroatoms. The zero-order chi connectivity index (χ0) is 20.0. The summed E-state index contributed by atoms with van der Waals surface area (Å²) in [6, 6.07) is 11.4. The second-order valence-electron chi connectivity index (χ2n) is 6.69. The highest BCUT2D eigenvalue weighted by atomic mass is 35.5. The summed E-state index contributed by atoms with van der Waals surface area (Å²) in [6.45, 7) is 4.35. The van der Waals surface area contributed by atoms with Crippen LogP contribution in [0, 0.1) is 19.3 Å². The van der Waals surface area contributed by atoms with Gasteiger partial charge < -0.3 is 10.0 Å². The van der Waals surface area contributed by atoms with Crippen LogP contribution in [0.2, 0.25) is 10.0 Å². The molecule has 2 N–H and O–H groups in total. The molecule has 3 aromatic rings. The number of amidine groups is 1. The standard InChI is InChI=1S/C21H17Cl2N3OS/c1-11-3-4-13(7-12(11)2)17-10-28-21(25-17)19-18(27)9-26(20(19)24)14-5-6-15(22)16(23)8-14/h3-8,10,24,27H,9H2,1-2H3. The van der Waals surface area contributed by atoms with E-state index in [0.717, 1.165) is 11.3 Å². The number of hydrogen-bond donors (Lipinski definition) is 2. The lowest BCUT2D eigenvalue weighted by Crippen LogP contribution is -2.25. The summed E-state index contributed by atoms with van der Waals surface area (Å²) in [4.78, 5) is 6.36. The lowest BCUT2D eigenvalue weighted by atomic mass is 10.1. The molecule has 28 heavy (non-hydrogen) atoms. The number of rotatable bonds is 3. The van der Waals surface area contributed by atoms with Gasteiger partial charge in [-0.3, -0.25) is 5.41 Å². The predicted molar refractivity (Wildman–Crippen MR) is 118 cm³/mol. The number of nitrogens with zero attached hydrogens (tertiary/aromatic N) is 2. The molecule has 0 saturated heterocycles. The Morgan fingerprint density at radius 3 is 2.57 bits per heavy atom. The first-order valence-electron chi connectivity index (χ1n) is 8.62. The van der Waals surface area contributed by atoms with Gasteiger partial charge >= 0.3 is 0 Å². The van der Waals surface area contributed by atoms with Crippen LogP contribution in [0.3, 0.4) is 0 Å². The van der Waals surface area contributed by atoms with Crippen molar-refractivity contribution in [1.82, 2.24) is 4.98 Å². The Morgan fingerprint density at radius 1 is 1.07 bits per heavy atom. The SMILES string of the molecule is Cc1ccc(-c2csc(C3=C(O)CN(c4ccc(Cl)c(Cl)c4)C3=N)n2)cc1C. The molecule has 0 atom stereocenters. The highest BCUT2D eigenvalue weighted by molar-refractivity contribution is 7.11. The molecule has 1 aliphatic heterocycles. The van der Waals surface area contributed by atoms with Crippen molar-refractivity contribution in [2.75, 3.05) is 11.4 Å². The summed E-state index contributed by atoms with van der Waals surface area (Å²) in [5, 5.41) is 22.5. The molecule has 4 rings (SSSR count). The minimum Gasteiger partial charge on any atom is -0.510 e. The Kier molecular flexibility index (Phi) is 4.91. The number of benzene rings is 2.